The Balaban J connectivity index is 1.74. The highest BCUT2D eigenvalue weighted by atomic mass is 32.1. The van der Waals surface area contributed by atoms with Gasteiger partial charge in [0.15, 0.2) is 0 Å². The first-order chi connectivity index (χ1) is 11.1. The van der Waals surface area contributed by atoms with Crippen LogP contribution in [0.1, 0.15) is 5.89 Å². The first-order valence-electron chi connectivity index (χ1n) is 6.64. The minimum atomic E-state index is -0.915. The molecule has 2 aromatic rings. The molecule has 0 atom stereocenters. The zero-order valence-corrected chi connectivity index (χ0v) is 12.9. The Bertz CT molecular complexity index is 741. The molecule has 1 aliphatic rings. The molecule has 0 N–H and O–H groups in total. The van der Waals surface area contributed by atoms with Crippen molar-refractivity contribution in [2.45, 2.75) is 6.54 Å². The Labute approximate surface area is 134 Å². The Hall–Kier alpha value is -2.59. The van der Waals surface area contributed by atoms with E-state index in [1.807, 2.05) is 17.5 Å². The van der Waals surface area contributed by atoms with Crippen LogP contribution in [0.3, 0.4) is 0 Å². The fourth-order valence-corrected chi connectivity index (χ4v) is 2.68. The summed E-state index contributed by atoms with van der Waals surface area (Å²) in [5.74, 6) is -1.35. The fraction of sp³-hybridized carbons (Fsp3) is 0.308. The molecule has 9 nitrogen and oxygen atoms in total. The molecule has 0 bridgehead atoms. The molecule has 23 heavy (non-hydrogen) atoms. The number of nitrogens with zero attached hydrogens (tertiary/aromatic N) is 4. The predicted octanol–water partition coefficient (Wildman–Crippen LogP) is 0.735. The summed E-state index contributed by atoms with van der Waals surface area (Å²) in [6.07, 6.45) is 0. The standard InChI is InChI=1S/C13H12N4O5S/c1-21-5-4-16-11(18)12(19)17(13(16)20)7-9-14-10(15-22-9)8-3-2-6-23-8/h2-3,6H,4-5,7H2,1H3. The summed E-state index contributed by atoms with van der Waals surface area (Å²) in [5, 5.41) is 5.66. The molecule has 0 spiro atoms. The Morgan fingerprint density at radius 2 is 2.04 bits per heavy atom. The number of carbonyl (C=O) groups excluding carboxylic acids is 3. The minimum Gasteiger partial charge on any atom is -0.383 e. The van der Waals surface area contributed by atoms with Gasteiger partial charge in [-0.3, -0.25) is 14.5 Å². The number of amides is 4. The number of hydrogen-bond acceptors (Lipinski definition) is 8. The Morgan fingerprint density at radius 1 is 1.26 bits per heavy atom. The number of carbonyl (C=O) groups is 3. The van der Waals surface area contributed by atoms with Gasteiger partial charge in [-0.2, -0.15) is 4.98 Å². The van der Waals surface area contributed by atoms with Crippen LogP contribution in [0, 0.1) is 0 Å². The highest BCUT2D eigenvalue weighted by Crippen LogP contribution is 2.22. The van der Waals surface area contributed by atoms with Crippen molar-refractivity contribution in [3.05, 3.63) is 23.4 Å². The third kappa shape index (κ3) is 2.85. The Morgan fingerprint density at radius 3 is 2.74 bits per heavy atom. The molecule has 3 heterocycles. The molecule has 0 unspecified atom stereocenters. The Kier molecular flexibility index (Phi) is 4.17. The SMILES string of the molecule is COCCN1C(=O)C(=O)N(Cc2nc(-c3cccs3)no2)C1=O. The maximum absolute atomic E-state index is 12.1. The quantitative estimate of drug-likeness (QED) is 0.565. The minimum absolute atomic E-state index is 0.0146. The normalized spacial score (nSPS) is 15.1. The van der Waals surface area contributed by atoms with Gasteiger partial charge < -0.3 is 9.26 Å². The van der Waals surface area contributed by atoms with Crippen LogP contribution in [0.2, 0.25) is 0 Å². The van der Waals surface area contributed by atoms with Gasteiger partial charge in [0.2, 0.25) is 11.7 Å². The molecule has 2 aromatic heterocycles. The van der Waals surface area contributed by atoms with Gasteiger partial charge in [-0.15, -0.1) is 11.3 Å². The molecule has 0 aliphatic carbocycles. The third-order valence-corrected chi connectivity index (χ3v) is 4.02. The van der Waals surface area contributed by atoms with E-state index in [9.17, 15) is 14.4 Å². The van der Waals surface area contributed by atoms with Gasteiger partial charge >= 0.3 is 17.8 Å². The smallest absolute Gasteiger partial charge is 0.334 e. The summed E-state index contributed by atoms with van der Waals surface area (Å²) in [5.41, 5.74) is 0. The maximum Gasteiger partial charge on any atom is 0.334 e. The third-order valence-electron chi connectivity index (χ3n) is 3.16. The zero-order chi connectivity index (χ0) is 16.4. The number of ether oxygens (including phenoxy) is 1. The van der Waals surface area contributed by atoms with Crippen molar-refractivity contribution >= 4 is 29.2 Å². The van der Waals surface area contributed by atoms with Crippen molar-refractivity contribution in [2.75, 3.05) is 20.3 Å². The second-order valence-corrected chi connectivity index (χ2v) is 5.56. The van der Waals surface area contributed by atoms with E-state index in [2.05, 4.69) is 10.1 Å². The van der Waals surface area contributed by atoms with Crippen LogP contribution in [-0.2, 0) is 20.9 Å². The van der Waals surface area contributed by atoms with Crippen molar-refractivity contribution in [3.63, 3.8) is 0 Å². The number of aromatic nitrogens is 2. The molecule has 1 saturated heterocycles. The van der Waals surface area contributed by atoms with Crippen LogP contribution in [0.4, 0.5) is 4.79 Å². The first-order valence-corrected chi connectivity index (χ1v) is 7.52. The van der Waals surface area contributed by atoms with Crippen LogP contribution in [0.25, 0.3) is 10.7 Å². The number of thiophene rings is 1. The van der Waals surface area contributed by atoms with Crippen molar-refractivity contribution in [1.29, 1.82) is 0 Å². The highest BCUT2D eigenvalue weighted by molar-refractivity contribution is 7.13. The van der Waals surface area contributed by atoms with E-state index in [-0.39, 0.29) is 25.6 Å². The van der Waals surface area contributed by atoms with Crippen LogP contribution < -0.4 is 0 Å². The van der Waals surface area contributed by atoms with Crippen LogP contribution in [-0.4, -0.2) is 58.0 Å². The summed E-state index contributed by atoms with van der Waals surface area (Å²) in [4.78, 5) is 42.4. The van der Waals surface area contributed by atoms with Gasteiger partial charge in [0.1, 0.15) is 6.54 Å². The van der Waals surface area contributed by atoms with E-state index in [0.717, 1.165) is 14.7 Å². The van der Waals surface area contributed by atoms with Gasteiger partial charge in [0, 0.05) is 7.11 Å². The lowest BCUT2D eigenvalue weighted by atomic mass is 10.4. The number of imide groups is 2. The van der Waals surface area contributed by atoms with E-state index in [0.29, 0.717) is 5.82 Å². The topological polar surface area (TPSA) is 106 Å². The molecule has 4 amide bonds. The number of rotatable bonds is 6. The monoisotopic (exact) mass is 336 g/mol. The van der Waals surface area contributed by atoms with Gasteiger partial charge in [0.05, 0.1) is 18.0 Å². The summed E-state index contributed by atoms with van der Waals surface area (Å²) in [6.45, 7) is -0.0758. The molecular weight excluding hydrogens is 324 g/mol. The van der Waals surface area contributed by atoms with Gasteiger partial charge in [0.25, 0.3) is 0 Å². The maximum atomic E-state index is 12.1. The van der Waals surface area contributed by atoms with Gasteiger partial charge in [-0.25, -0.2) is 9.69 Å². The predicted molar refractivity (Wildman–Crippen MR) is 77.1 cm³/mol. The number of urea groups is 1. The van der Waals surface area contributed by atoms with Crippen LogP contribution >= 0.6 is 11.3 Å². The molecule has 10 heteroatoms. The molecule has 0 radical (unpaired) electrons. The second-order valence-electron chi connectivity index (χ2n) is 4.61. The van der Waals surface area contributed by atoms with Crippen molar-refractivity contribution in [1.82, 2.24) is 19.9 Å². The van der Waals surface area contributed by atoms with Crippen LogP contribution in [0.15, 0.2) is 22.0 Å². The van der Waals surface area contributed by atoms with Crippen LogP contribution in [0.5, 0.6) is 0 Å². The van der Waals surface area contributed by atoms with Gasteiger partial charge in [-0.05, 0) is 11.4 Å². The molecule has 3 rings (SSSR count). The highest BCUT2D eigenvalue weighted by Gasteiger charge is 2.44. The summed E-state index contributed by atoms with van der Waals surface area (Å²) >= 11 is 1.43. The molecule has 0 aromatic carbocycles. The number of hydrogen-bond donors (Lipinski definition) is 0. The van der Waals surface area contributed by atoms with E-state index in [1.54, 1.807) is 0 Å². The second kappa shape index (κ2) is 6.26. The van der Waals surface area contributed by atoms with Crippen molar-refractivity contribution in [3.8, 4) is 10.7 Å². The van der Waals surface area contributed by atoms with E-state index in [1.165, 1.54) is 18.4 Å². The van der Waals surface area contributed by atoms with Crippen molar-refractivity contribution < 1.29 is 23.6 Å². The summed E-state index contributed by atoms with van der Waals surface area (Å²) in [6, 6.07) is 2.95. The van der Waals surface area contributed by atoms with E-state index >= 15 is 0 Å². The van der Waals surface area contributed by atoms with Gasteiger partial charge in [-0.1, -0.05) is 11.2 Å². The molecule has 120 valence electrons. The lowest BCUT2D eigenvalue weighted by molar-refractivity contribution is -0.143. The van der Waals surface area contributed by atoms with Crippen molar-refractivity contribution in [2.24, 2.45) is 0 Å². The summed E-state index contributed by atoms with van der Waals surface area (Å²) < 4.78 is 9.86. The largest absolute Gasteiger partial charge is 0.383 e. The first kappa shape index (κ1) is 15.3. The average Bonchev–Trinajstić information content (AvgIpc) is 3.25. The molecule has 1 aliphatic heterocycles. The van der Waals surface area contributed by atoms with E-state index in [4.69, 9.17) is 9.26 Å². The number of methoxy groups -OCH3 is 1. The summed E-state index contributed by atoms with van der Waals surface area (Å²) in [7, 11) is 1.44. The molecule has 1 fully saturated rings. The molecular formula is C13H12N4O5S. The average molecular weight is 336 g/mol. The lowest BCUT2D eigenvalue weighted by Crippen LogP contribution is -2.35. The molecule has 0 saturated carbocycles. The lowest BCUT2D eigenvalue weighted by Gasteiger charge is -2.13. The van der Waals surface area contributed by atoms with E-state index < -0.39 is 17.8 Å². The zero-order valence-electron chi connectivity index (χ0n) is 12.1. The fourth-order valence-electron chi connectivity index (χ4n) is 2.03.